The third-order valence-corrected chi connectivity index (χ3v) is 6.52. The summed E-state index contributed by atoms with van der Waals surface area (Å²) in [6.45, 7) is 7.32. The van der Waals surface area contributed by atoms with E-state index in [0.717, 1.165) is 11.8 Å². The maximum Gasteiger partial charge on any atom is 0.262 e. The first-order valence-electron chi connectivity index (χ1n) is 9.77. The van der Waals surface area contributed by atoms with Crippen molar-refractivity contribution in [3.8, 4) is 6.07 Å². The lowest BCUT2D eigenvalue weighted by Gasteiger charge is -2.28. The van der Waals surface area contributed by atoms with Crippen molar-refractivity contribution in [1.29, 1.82) is 5.26 Å². The number of hydrogen-bond donors (Lipinski definition) is 1. The van der Waals surface area contributed by atoms with Crippen LogP contribution in [0.2, 0.25) is 5.02 Å². The van der Waals surface area contributed by atoms with Crippen LogP contribution in [0.3, 0.4) is 0 Å². The van der Waals surface area contributed by atoms with Gasteiger partial charge in [0.2, 0.25) is 5.91 Å². The number of nitriles is 1. The highest BCUT2D eigenvalue weighted by atomic mass is 35.5. The zero-order chi connectivity index (χ0) is 22.8. The molecule has 3 rings (SSSR count). The van der Waals surface area contributed by atoms with Gasteiger partial charge in [0.25, 0.3) is 5.56 Å². The van der Waals surface area contributed by atoms with E-state index in [2.05, 4.69) is 16.4 Å². The van der Waals surface area contributed by atoms with Gasteiger partial charge in [0, 0.05) is 5.02 Å². The molecule has 162 valence electrons. The SMILES string of the molecule is CC(Sc1nc2cc(Cl)ccc2c(=O)n1Cc1ccco1)C(=O)NC(C)(C#N)C(C)C. The second kappa shape index (κ2) is 9.16. The zero-order valence-electron chi connectivity index (χ0n) is 17.7. The molecule has 2 atom stereocenters. The Bertz CT molecular complexity index is 1200. The number of fused-ring (bicyclic) bond motifs is 1. The third-order valence-electron chi connectivity index (χ3n) is 5.20. The predicted molar refractivity (Wildman–Crippen MR) is 121 cm³/mol. The zero-order valence-corrected chi connectivity index (χ0v) is 19.3. The van der Waals surface area contributed by atoms with Crippen LogP contribution < -0.4 is 10.9 Å². The van der Waals surface area contributed by atoms with E-state index in [1.54, 1.807) is 44.2 Å². The summed E-state index contributed by atoms with van der Waals surface area (Å²) in [7, 11) is 0. The molecule has 0 fully saturated rings. The Hall–Kier alpha value is -2.76. The number of halogens is 1. The lowest BCUT2D eigenvalue weighted by molar-refractivity contribution is -0.121. The average Bonchev–Trinajstić information content (AvgIpc) is 3.23. The molecule has 0 radical (unpaired) electrons. The molecule has 1 amide bonds. The number of amides is 1. The van der Waals surface area contributed by atoms with Crippen molar-refractivity contribution in [2.75, 3.05) is 0 Å². The number of rotatable bonds is 7. The lowest BCUT2D eigenvalue weighted by atomic mass is 9.90. The second-order valence-corrected chi connectivity index (χ2v) is 9.49. The molecule has 0 saturated heterocycles. The number of carbonyl (C=O) groups is 1. The van der Waals surface area contributed by atoms with Crippen molar-refractivity contribution >= 4 is 40.2 Å². The van der Waals surface area contributed by atoms with Crippen LogP contribution in [0, 0.1) is 17.2 Å². The fourth-order valence-electron chi connectivity index (χ4n) is 2.83. The summed E-state index contributed by atoms with van der Waals surface area (Å²) in [6, 6.07) is 10.6. The number of nitrogens with one attached hydrogen (secondary N) is 1. The summed E-state index contributed by atoms with van der Waals surface area (Å²) in [5.74, 6) is 0.206. The quantitative estimate of drug-likeness (QED) is 0.420. The van der Waals surface area contributed by atoms with Crippen LogP contribution in [-0.4, -0.2) is 26.2 Å². The average molecular weight is 459 g/mol. The minimum atomic E-state index is -0.996. The minimum absolute atomic E-state index is 0.0725. The van der Waals surface area contributed by atoms with Gasteiger partial charge in [-0.1, -0.05) is 37.2 Å². The first-order chi connectivity index (χ1) is 14.6. The van der Waals surface area contributed by atoms with E-state index < -0.39 is 10.8 Å². The van der Waals surface area contributed by atoms with Crippen molar-refractivity contribution in [2.45, 2.75) is 50.2 Å². The predicted octanol–water partition coefficient (Wildman–Crippen LogP) is 4.23. The fraction of sp³-hybridized carbons (Fsp3) is 0.364. The first-order valence-corrected chi connectivity index (χ1v) is 11.0. The topological polar surface area (TPSA) is 101 Å². The van der Waals surface area contributed by atoms with Gasteiger partial charge in [-0.15, -0.1) is 0 Å². The van der Waals surface area contributed by atoms with E-state index in [-0.39, 0.29) is 23.9 Å². The number of aromatic nitrogens is 2. The maximum atomic E-state index is 13.2. The van der Waals surface area contributed by atoms with Gasteiger partial charge >= 0.3 is 0 Å². The third kappa shape index (κ3) is 4.94. The Balaban J connectivity index is 1.98. The van der Waals surface area contributed by atoms with Gasteiger partial charge in [-0.3, -0.25) is 14.2 Å². The van der Waals surface area contributed by atoms with Gasteiger partial charge in [-0.2, -0.15) is 5.26 Å². The standard InChI is InChI=1S/C22H23ClN4O3S/c1-13(2)22(4,12-24)26-19(28)14(3)31-21-25-18-10-15(23)7-8-17(18)20(29)27(21)11-16-6-5-9-30-16/h5-10,13-14H,11H2,1-4H3,(H,26,28). The Morgan fingerprint density at radius 1 is 1.39 bits per heavy atom. The van der Waals surface area contributed by atoms with Crippen molar-refractivity contribution in [3.05, 3.63) is 57.7 Å². The maximum absolute atomic E-state index is 13.2. The van der Waals surface area contributed by atoms with Crippen molar-refractivity contribution in [2.24, 2.45) is 5.92 Å². The van der Waals surface area contributed by atoms with Gasteiger partial charge in [0.05, 0.1) is 35.0 Å². The number of hydrogen-bond acceptors (Lipinski definition) is 6. The Kier molecular flexibility index (Phi) is 6.77. The van der Waals surface area contributed by atoms with Crippen LogP contribution in [0.5, 0.6) is 0 Å². The van der Waals surface area contributed by atoms with Gasteiger partial charge in [-0.25, -0.2) is 4.98 Å². The highest BCUT2D eigenvalue weighted by Gasteiger charge is 2.32. The molecule has 1 aromatic carbocycles. The summed E-state index contributed by atoms with van der Waals surface area (Å²) >= 11 is 7.23. The molecule has 1 N–H and O–H groups in total. The van der Waals surface area contributed by atoms with E-state index in [4.69, 9.17) is 16.0 Å². The lowest BCUT2D eigenvalue weighted by Crippen LogP contribution is -2.51. The summed E-state index contributed by atoms with van der Waals surface area (Å²) in [5, 5.41) is 13.0. The van der Waals surface area contributed by atoms with Crippen molar-refractivity contribution in [1.82, 2.24) is 14.9 Å². The summed E-state index contributed by atoms with van der Waals surface area (Å²) in [4.78, 5) is 30.6. The molecule has 31 heavy (non-hydrogen) atoms. The molecule has 0 aliphatic carbocycles. The molecule has 2 heterocycles. The molecule has 0 aliphatic rings. The Labute approximate surface area is 189 Å². The van der Waals surface area contributed by atoms with Crippen LogP contribution in [0.25, 0.3) is 10.9 Å². The molecule has 0 bridgehead atoms. The molecule has 9 heteroatoms. The van der Waals surface area contributed by atoms with Crippen LogP contribution in [0.15, 0.2) is 51.0 Å². The monoisotopic (exact) mass is 458 g/mol. The highest BCUT2D eigenvalue weighted by Crippen LogP contribution is 2.26. The number of thioether (sulfide) groups is 1. The molecular formula is C22H23ClN4O3S. The van der Waals surface area contributed by atoms with E-state index >= 15 is 0 Å². The molecule has 2 aromatic heterocycles. The molecule has 0 spiro atoms. The van der Waals surface area contributed by atoms with Crippen molar-refractivity contribution < 1.29 is 9.21 Å². The molecule has 0 saturated carbocycles. The van der Waals surface area contributed by atoms with Crippen molar-refractivity contribution in [3.63, 3.8) is 0 Å². The highest BCUT2D eigenvalue weighted by molar-refractivity contribution is 8.00. The smallest absolute Gasteiger partial charge is 0.262 e. The van der Waals surface area contributed by atoms with E-state index in [9.17, 15) is 14.9 Å². The Morgan fingerprint density at radius 2 is 2.13 bits per heavy atom. The molecule has 0 aliphatic heterocycles. The summed E-state index contributed by atoms with van der Waals surface area (Å²) in [6.07, 6.45) is 1.53. The van der Waals surface area contributed by atoms with E-state index in [1.807, 2.05) is 13.8 Å². The molecular weight excluding hydrogens is 436 g/mol. The van der Waals surface area contributed by atoms with Crippen LogP contribution in [0.1, 0.15) is 33.5 Å². The number of benzene rings is 1. The van der Waals surface area contributed by atoms with E-state index in [1.165, 1.54) is 10.8 Å². The molecule has 2 unspecified atom stereocenters. The van der Waals surface area contributed by atoms with Gasteiger partial charge in [-0.05, 0) is 50.1 Å². The van der Waals surface area contributed by atoms with Crippen LogP contribution in [-0.2, 0) is 11.3 Å². The first kappa shape index (κ1) is 22.9. The molecule has 7 nitrogen and oxygen atoms in total. The van der Waals surface area contributed by atoms with E-state index in [0.29, 0.717) is 26.8 Å². The number of furan rings is 1. The van der Waals surface area contributed by atoms with Crippen LogP contribution in [0.4, 0.5) is 0 Å². The number of nitrogens with zero attached hydrogens (tertiary/aromatic N) is 3. The summed E-state index contributed by atoms with van der Waals surface area (Å²) < 4.78 is 6.89. The minimum Gasteiger partial charge on any atom is -0.467 e. The normalized spacial score (nSPS) is 14.2. The second-order valence-electron chi connectivity index (χ2n) is 7.74. The van der Waals surface area contributed by atoms with Gasteiger partial charge in [0.1, 0.15) is 11.3 Å². The Morgan fingerprint density at radius 3 is 2.74 bits per heavy atom. The fourth-order valence-corrected chi connectivity index (χ4v) is 3.91. The number of carbonyl (C=O) groups excluding carboxylic acids is 1. The van der Waals surface area contributed by atoms with Gasteiger partial charge < -0.3 is 9.73 Å². The largest absolute Gasteiger partial charge is 0.467 e. The summed E-state index contributed by atoms with van der Waals surface area (Å²) in [5.41, 5.74) is -0.797. The van der Waals surface area contributed by atoms with Gasteiger partial charge in [0.15, 0.2) is 5.16 Å². The molecule has 3 aromatic rings. The van der Waals surface area contributed by atoms with Crippen LogP contribution >= 0.6 is 23.4 Å².